The molecule has 0 aliphatic rings. The lowest BCUT2D eigenvalue weighted by atomic mass is 10.3. The van der Waals surface area contributed by atoms with E-state index in [1.165, 1.54) is 6.92 Å². The van der Waals surface area contributed by atoms with Crippen molar-refractivity contribution in [2.45, 2.75) is 13.5 Å². The maximum absolute atomic E-state index is 10.4. The van der Waals surface area contributed by atoms with E-state index < -0.39 is 0 Å². The first-order valence-electron chi connectivity index (χ1n) is 3.60. The van der Waals surface area contributed by atoms with Crippen LogP contribution >= 0.6 is 0 Å². The van der Waals surface area contributed by atoms with E-state index in [1.54, 1.807) is 12.1 Å². The molecule has 12 heavy (non-hydrogen) atoms. The number of nitrogens with zero attached hydrogens (tertiary/aromatic N) is 1. The highest BCUT2D eigenvalue weighted by molar-refractivity contribution is 5.65. The van der Waals surface area contributed by atoms with Crippen LogP contribution in [0.3, 0.4) is 0 Å². The molecule has 1 aromatic heterocycles. The minimum Gasteiger partial charge on any atom is -0.459 e. The quantitative estimate of drug-likeness (QED) is 0.619. The van der Waals surface area contributed by atoms with Gasteiger partial charge in [0.2, 0.25) is 0 Å². The van der Waals surface area contributed by atoms with E-state index in [0.717, 1.165) is 5.69 Å². The molecular weight excluding hydrogens is 154 g/mol. The van der Waals surface area contributed by atoms with Gasteiger partial charge in [-0.2, -0.15) is 0 Å². The lowest BCUT2D eigenvalue weighted by Gasteiger charge is -2.01. The summed E-state index contributed by atoms with van der Waals surface area (Å²) in [6.07, 6.45) is 0. The molecule has 0 saturated carbocycles. The summed E-state index contributed by atoms with van der Waals surface area (Å²) in [6, 6.07) is 5.41. The molecule has 0 atom stereocenters. The standard InChI is InChI=1S/C9H10NO2/c1-7-4-3-5-9(10-7)6-12-8(2)11/h3-5H,1,6H2,2H3. The van der Waals surface area contributed by atoms with Crippen molar-refractivity contribution in [3.8, 4) is 0 Å². The van der Waals surface area contributed by atoms with E-state index in [4.69, 9.17) is 4.74 Å². The summed E-state index contributed by atoms with van der Waals surface area (Å²) < 4.78 is 4.75. The van der Waals surface area contributed by atoms with Gasteiger partial charge in [-0.25, -0.2) is 0 Å². The summed E-state index contributed by atoms with van der Waals surface area (Å²) >= 11 is 0. The molecule has 1 rings (SSSR count). The van der Waals surface area contributed by atoms with E-state index in [9.17, 15) is 4.79 Å². The normalized spacial score (nSPS) is 9.50. The molecule has 63 valence electrons. The zero-order chi connectivity index (χ0) is 8.97. The largest absolute Gasteiger partial charge is 0.459 e. The van der Waals surface area contributed by atoms with Gasteiger partial charge in [0, 0.05) is 12.6 Å². The molecule has 3 heteroatoms. The van der Waals surface area contributed by atoms with Gasteiger partial charge in [0.1, 0.15) is 6.61 Å². The molecule has 3 nitrogen and oxygen atoms in total. The van der Waals surface area contributed by atoms with Crippen molar-refractivity contribution in [2.75, 3.05) is 0 Å². The number of hydrogen-bond donors (Lipinski definition) is 0. The molecule has 0 aliphatic heterocycles. The first kappa shape index (κ1) is 8.71. The van der Waals surface area contributed by atoms with Crippen LogP contribution in [0, 0.1) is 6.92 Å². The molecular formula is C9H10NO2. The smallest absolute Gasteiger partial charge is 0.303 e. The van der Waals surface area contributed by atoms with Crippen LogP contribution in [0.15, 0.2) is 18.2 Å². The lowest BCUT2D eigenvalue weighted by Crippen LogP contribution is -2.00. The van der Waals surface area contributed by atoms with Crippen molar-refractivity contribution in [1.82, 2.24) is 4.98 Å². The number of aromatic nitrogens is 1. The van der Waals surface area contributed by atoms with Crippen molar-refractivity contribution in [1.29, 1.82) is 0 Å². The van der Waals surface area contributed by atoms with Crippen LogP contribution in [-0.4, -0.2) is 11.0 Å². The van der Waals surface area contributed by atoms with Gasteiger partial charge in [0.15, 0.2) is 0 Å². The number of hydrogen-bond acceptors (Lipinski definition) is 3. The third kappa shape index (κ3) is 2.70. The number of esters is 1. The minimum absolute atomic E-state index is 0.221. The Labute approximate surface area is 71.4 Å². The van der Waals surface area contributed by atoms with Crippen LogP contribution < -0.4 is 0 Å². The van der Waals surface area contributed by atoms with Gasteiger partial charge < -0.3 is 4.74 Å². The van der Waals surface area contributed by atoms with Crippen molar-refractivity contribution in [3.63, 3.8) is 0 Å². The summed E-state index contributed by atoms with van der Waals surface area (Å²) in [5.74, 6) is -0.300. The topological polar surface area (TPSA) is 39.2 Å². The van der Waals surface area contributed by atoms with Crippen LogP contribution in [0.4, 0.5) is 0 Å². The van der Waals surface area contributed by atoms with Gasteiger partial charge in [-0.1, -0.05) is 6.07 Å². The number of pyridine rings is 1. The van der Waals surface area contributed by atoms with Crippen LogP contribution in [0.1, 0.15) is 18.3 Å². The second kappa shape index (κ2) is 3.85. The van der Waals surface area contributed by atoms with Gasteiger partial charge >= 0.3 is 5.97 Å². The van der Waals surface area contributed by atoms with Gasteiger partial charge in [-0.15, -0.1) is 0 Å². The maximum atomic E-state index is 10.4. The van der Waals surface area contributed by atoms with E-state index >= 15 is 0 Å². The van der Waals surface area contributed by atoms with Crippen molar-refractivity contribution in [2.24, 2.45) is 0 Å². The van der Waals surface area contributed by atoms with Crippen molar-refractivity contribution in [3.05, 3.63) is 36.5 Å². The summed E-state index contributed by atoms with van der Waals surface area (Å²) in [6.45, 7) is 5.25. The fourth-order valence-electron chi connectivity index (χ4n) is 0.785. The van der Waals surface area contributed by atoms with Gasteiger partial charge in [-0.05, 0) is 19.1 Å². The maximum Gasteiger partial charge on any atom is 0.303 e. The Kier molecular flexibility index (Phi) is 2.80. The molecule has 1 radical (unpaired) electrons. The summed E-state index contributed by atoms with van der Waals surface area (Å²) in [7, 11) is 0. The third-order valence-corrected chi connectivity index (χ3v) is 1.29. The Morgan fingerprint density at radius 3 is 3.00 bits per heavy atom. The van der Waals surface area contributed by atoms with Crippen LogP contribution in [0.5, 0.6) is 0 Å². The first-order valence-corrected chi connectivity index (χ1v) is 3.60. The first-order chi connectivity index (χ1) is 5.68. The Balaban J connectivity index is 2.57. The average Bonchev–Trinajstić information content (AvgIpc) is 2.01. The average molecular weight is 164 g/mol. The second-order valence-corrected chi connectivity index (χ2v) is 2.40. The molecule has 0 spiro atoms. The van der Waals surface area contributed by atoms with E-state index in [0.29, 0.717) is 5.69 Å². The predicted molar refractivity (Wildman–Crippen MR) is 44.2 cm³/mol. The summed E-state index contributed by atoms with van der Waals surface area (Å²) in [4.78, 5) is 14.5. The predicted octanol–water partition coefficient (Wildman–Crippen LogP) is 1.33. The molecule has 1 aromatic rings. The Morgan fingerprint density at radius 1 is 1.67 bits per heavy atom. The monoisotopic (exact) mass is 164 g/mol. The molecule has 0 unspecified atom stereocenters. The molecule has 0 fully saturated rings. The highest BCUT2D eigenvalue weighted by Gasteiger charge is 1.96. The van der Waals surface area contributed by atoms with Crippen LogP contribution in [0.2, 0.25) is 0 Å². The lowest BCUT2D eigenvalue weighted by molar-refractivity contribution is -0.142. The Hall–Kier alpha value is -1.38. The van der Waals surface area contributed by atoms with Crippen molar-refractivity contribution >= 4 is 5.97 Å². The Morgan fingerprint density at radius 2 is 2.42 bits per heavy atom. The fourth-order valence-corrected chi connectivity index (χ4v) is 0.785. The van der Waals surface area contributed by atoms with Gasteiger partial charge in [-0.3, -0.25) is 9.78 Å². The highest BCUT2D eigenvalue weighted by Crippen LogP contribution is 1.99. The summed E-state index contributed by atoms with van der Waals surface area (Å²) in [5.41, 5.74) is 1.40. The van der Waals surface area contributed by atoms with Gasteiger partial charge in [0.05, 0.1) is 5.69 Å². The highest BCUT2D eigenvalue weighted by atomic mass is 16.5. The third-order valence-electron chi connectivity index (χ3n) is 1.29. The zero-order valence-corrected chi connectivity index (χ0v) is 6.91. The molecule has 0 bridgehead atoms. The molecule has 0 N–H and O–H groups in total. The van der Waals surface area contributed by atoms with E-state index in [-0.39, 0.29) is 12.6 Å². The SMILES string of the molecule is [CH2]c1cccc(COC(C)=O)n1. The number of carbonyl (C=O) groups excluding carboxylic acids is 1. The zero-order valence-electron chi connectivity index (χ0n) is 6.91. The minimum atomic E-state index is -0.300. The summed E-state index contributed by atoms with van der Waals surface area (Å²) in [5, 5.41) is 0. The molecule has 0 amide bonds. The Bertz CT molecular complexity index is 284. The number of rotatable bonds is 2. The van der Waals surface area contributed by atoms with E-state index in [2.05, 4.69) is 11.9 Å². The molecule has 0 aliphatic carbocycles. The van der Waals surface area contributed by atoms with Crippen LogP contribution in [-0.2, 0) is 16.1 Å². The molecule has 1 heterocycles. The molecule has 0 aromatic carbocycles. The molecule has 0 saturated heterocycles. The van der Waals surface area contributed by atoms with Crippen molar-refractivity contribution < 1.29 is 9.53 Å². The van der Waals surface area contributed by atoms with Crippen LogP contribution in [0.25, 0.3) is 0 Å². The number of ether oxygens (including phenoxy) is 1. The fraction of sp³-hybridized carbons (Fsp3) is 0.222. The number of carbonyl (C=O) groups is 1. The van der Waals surface area contributed by atoms with Gasteiger partial charge in [0.25, 0.3) is 0 Å². The second-order valence-electron chi connectivity index (χ2n) is 2.40. The van der Waals surface area contributed by atoms with E-state index in [1.807, 2.05) is 6.07 Å².